The van der Waals surface area contributed by atoms with Gasteiger partial charge in [-0.15, -0.1) is 0 Å². The molecule has 0 bridgehead atoms. The van der Waals surface area contributed by atoms with Gasteiger partial charge in [-0.25, -0.2) is 0 Å². The molecule has 0 aliphatic heterocycles. The molecule has 1 fully saturated rings. The lowest BCUT2D eigenvalue weighted by Gasteiger charge is -2.21. The normalized spacial score (nSPS) is 16.0. The quantitative estimate of drug-likeness (QED) is 0.823. The van der Waals surface area contributed by atoms with Crippen molar-refractivity contribution in [2.75, 3.05) is 11.9 Å². The standard InChI is InChI=1S/C18H28N2O/c1-14(2)20-18(21)16-9-6-10-17(13-16)19-12-11-15-7-4-3-5-8-15/h6,9-10,13-15,19H,3-5,7-8,11-12H2,1-2H3,(H,20,21). The van der Waals surface area contributed by atoms with Gasteiger partial charge in [-0.1, -0.05) is 38.2 Å². The van der Waals surface area contributed by atoms with E-state index in [0.717, 1.165) is 23.7 Å². The van der Waals surface area contributed by atoms with Crippen LogP contribution in [0.5, 0.6) is 0 Å². The van der Waals surface area contributed by atoms with Gasteiger partial charge in [-0.3, -0.25) is 4.79 Å². The molecule has 1 amide bonds. The highest BCUT2D eigenvalue weighted by Gasteiger charge is 2.13. The topological polar surface area (TPSA) is 41.1 Å². The summed E-state index contributed by atoms with van der Waals surface area (Å²) in [6.45, 7) is 4.95. The first-order chi connectivity index (χ1) is 10.1. The molecule has 0 aromatic heterocycles. The second kappa shape index (κ2) is 8.06. The summed E-state index contributed by atoms with van der Waals surface area (Å²) < 4.78 is 0. The van der Waals surface area contributed by atoms with E-state index in [1.54, 1.807) is 0 Å². The molecule has 2 rings (SSSR count). The Morgan fingerprint density at radius 3 is 2.71 bits per heavy atom. The zero-order chi connectivity index (χ0) is 15.1. The Balaban J connectivity index is 1.81. The summed E-state index contributed by atoms with van der Waals surface area (Å²) >= 11 is 0. The van der Waals surface area contributed by atoms with E-state index in [-0.39, 0.29) is 11.9 Å². The second-order valence-electron chi connectivity index (χ2n) is 6.43. The molecule has 0 saturated heterocycles. The first-order valence-corrected chi connectivity index (χ1v) is 8.30. The van der Waals surface area contributed by atoms with Crippen LogP contribution in [0.4, 0.5) is 5.69 Å². The summed E-state index contributed by atoms with van der Waals surface area (Å²) in [4.78, 5) is 12.0. The van der Waals surface area contributed by atoms with Gasteiger partial charge in [-0.05, 0) is 44.4 Å². The largest absolute Gasteiger partial charge is 0.385 e. The van der Waals surface area contributed by atoms with Gasteiger partial charge in [0.05, 0.1) is 0 Å². The maximum absolute atomic E-state index is 12.0. The van der Waals surface area contributed by atoms with Crippen LogP contribution in [0.25, 0.3) is 0 Å². The summed E-state index contributed by atoms with van der Waals surface area (Å²) in [6, 6.07) is 7.95. The minimum absolute atomic E-state index is 0.000862. The van der Waals surface area contributed by atoms with E-state index in [2.05, 4.69) is 10.6 Å². The molecule has 1 aliphatic rings. The van der Waals surface area contributed by atoms with E-state index in [9.17, 15) is 4.79 Å². The highest BCUT2D eigenvalue weighted by atomic mass is 16.1. The van der Waals surface area contributed by atoms with Crippen LogP contribution in [-0.4, -0.2) is 18.5 Å². The molecule has 0 radical (unpaired) electrons. The number of rotatable bonds is 6. The lowest BCUT2D eigenvalue weighted by molar-refractivity contribution is 0.0943. The number of amides is 1. The fourth-order valence-electron chi connectivity index (χ4n) is 3.01. The first-order valence-electron chi connectivity index (χ1n) is 8.30. The Morgan fingerprint density at radius 1 is 1.24 bits per heavy atom. The van der Waals surface area contributed by atoms with Crippen LogP contribution >= 0.6 is 0 Å². The van der Waals surface area contributed by atoms with Crippen molar-refractivity contribution in [3.05, 3.63) is 29.8 Å². The van der Waals surface area contributed by atoms with E-state index < -0.39 is 0 Å². The third kappa shape index (κ3) is 5.41. The van der Waals surface area contributed by atoms with Crippen LogP contribution < -0.4 is 10.6 Å². The number of hydrogen-bond donors (Lipinski definition) is 2. The molecule has 0 atom stereocenters. The average Bonchev–Trinajstić information content (AvgIpc) is 2.48. The van der Waals surface area contributed by atoms with Gasteiger partial charge in [0.1, 0.15) is 0 Å². The number of hydrogen-bond acceptors (Lipinski definition) is 2. The number of carbonyl (C=O) groups is 1. The van der Waals surface area contributed by atoms with Gasteiger partial charge in [0, 0.05) is 23.8 Å². The fraction of sp³-hybridized carbons (Fsp3) is 0.611. The van der Waals surface area contributed by atoms with Crippen molar-refractivity contribution in [2.45, 2.75) is 58.4 Å². The Labute approximate surface area is 128 Å². The summed E-state index contributed by atoms with van der Waals surface area (Å²) in [6.07, 6.45) is 8.22. The molecular weight excluding hydrogens is 260 g/mol. The van der Waals surface area contributed by atoms with Crippen LogP contribution in [0, 0.1) is 5.92 Å². The van der Waals surface area contributed by atoms with Crippen LogP contribution in [0.15, 0.2) is 24.3 Å². The minimum atomic E-state index is 0.000862. The molecule has 1 saturated carbocycles. The van der Waals surface area contributed by atoms with Gasteiger partial charge in [0.2, 0.25) is 0 Å². The van der Waals surface area contributed by atoms with Crippen LogP contribution in [-0.2, 0) is 0 Å². The molecule has 2 N–H and O–H groups in total. The molecule has 3 nitrogen and oxygen atoms in total. The average molecular weight is 288 g/mol. The van der Waals surface area contributed by atoms with Crippen molar-refractivity contribution in [3.63, 3.8) is 0 Å². The van der Waals surface area contributed by atoms with Gasteiger partial charge in [0.25, 0.3) is 5.91 Å². The van der Waals surface area contributed by atoms with E-state index >= 15 is 0 Å². The van der Waals surface area contributed by atoms with Crippen molar-refractivity contribution < 1.29 is 4.79 Å². The zero-order valence-electron chi connectivity index (χ0n) is 13.3. The predicted molar refractivity (Wildman–Crippen MR) is 88.7 cm³/mol. The number of benzene rings is 1. The maximum atomic E-state index is 12.0. The van der Waals surface area contributed by atoms with E-state index in [1.165, 1.54) is 38.5 Å². The second-order valence-corrected chi connectivity index (χ2v) is 6.43. The summed E-state index contributed by atoms with van der Waals surface area (Å²) in [7, 11) is 0. The van der Waals surface area contributed by atoms with E-state index in [0.29, 0.717) is 0 Å². The predicted octanol–water partition coefficient (Wildman–Crippen LogP) is 4.21. The third-order valence-corrected chi connectivity index (χ3v) is 4.15. The Kier molecular flexibility index (Phi) is 6.09. The number of carbonyl (C=O) groups excluding carboxylic acids is 1. The number of nitrogens with one attached hydrogen (secondary N) is 2. The Hall–Kier alpha value is -1.51. The minimum Gasteiger partial charge on any atom is -0.385 e. The van der Waals surface area contributed by atoms with Crippen LogP contribution in [0.1, 0.15) is 62.7 Å². The van der Waals surface area contributed by atoms with Gasteiger partial charge >= 0.3 is 0 Å². The molecule has 0 spiro atoms. The smallest absolute Gasteiger partial charge is 0.251 e. The van der Waals surface area contributed by atoms with Gasteiger partial charge in [-0.2, -0.15) is 0 Å². The highest BCUT2D eigenvalue weighted by Crippen LogP contribution is 2.26. The summed E-state index contributed by atoms with van der Waals surface area (Å²) in [5.74, 6) is 0.889. The third-order valence-electron chi connectivity index (χ3n) is 4.15. The molecule has 3 heteroatoms. The lowest BCUT2D eigenvalue weighted by atomic mass is 9.87. The van der Waals surface area contributed by atoms with Gasteiger partial charge < -0.3 is 10.6 Å². The highest BCUT2D eigenvalue weighted by molar-refractivity contribution is 5.95. The molecule has 0 heterocycles. The zero-order valence-corrected chi connectivity index (χ0v) is 13.3. The fourth-order valence-corrected chi connectivity index (χ4v) is 3.01. The SMILES string of the molecule is CC(C)NC(=O)c1cccc(NCCC2CCCCC2)c1. The molecule has 0 unspecified atom stereocenters. The Morgan fingerprint density at radius 2 is 2.00 bits per heavy atom. The van der Waals surface area contributed by atoms with Crippen molar-refractivity contribution in [2.24, 2.45) is 5.92 Å². The van der Waals surface area contributed by atoms with Crippen molar-refractivity contribution >= 4 is 11.6 Å². The summed E-state index contributed by atoms with van der Waals surface area (Å²) in [5, 5.41) is 6.39. The molecule has 116 valence electrons. The number of anilines is 1. The van der Waals surface area contributed by atoms with Crippen molar-refractivity contribution in [1.29, 1.82) is 0 Å². The molecule has 1 aromatic carbocycles. The van der Waals surface area contributed by atoms with E-state index in [1.807, 2.05) is 38.1 Å². The van der Waals surface area contributed by atoms with Crippen molar-refractivity contribution in [1.82, 2.24) is 5.32 Å². The van der Waals surface area contributed by atoms with Gasteiger partial charge in [0.15, 0.2) is 0 Å². The van der Waals surface area contributed by atoms with E-state index in [4.69, 9.17) is 0 Å². The monoisotopic (exact) mass is 288 g/mol. The maximum Gasteiger partial charge on any atom is 0.251 e. The summed E-state index contributed by atoms with van der Waals surface area (Å²) in [5.41, 5.74) is 1.77. The Bertz CT molecular complexity index is 450. The lowest BCUT2D eigenvalue weighted by Crippen LogP contribution is -2.30. The molecular formula is C18H28N2O. The van der Waals surface area contributed by atoms with Crippen molar-refractivity contribution in [3.8, 4) is 0 Å². The van der Waals surface area contributed by atoms with Crippen LogP contribution in [0.2, 0.25) is 0 Å². The van der Waals surface area contributed by atoms with Crippen LogP contribution in [0.3, 0.4) is 0 Å². The first kappa shape index (κ1) is 15.9. The molecule has 1 aromatic rings. The molecule has 21 heavy (non-hydrogen) atoms. The molecule has 1 aliphatic carbocycles.